The van der Waals surface area contributed by atoms with Crippen LogP contribution in [0.4, 0.5) is 0 Å². The normalized spacial score (nSPS) is 18.3. The molecule has 6 heteroatoms. The van der Waals surface area contributed by atoms with Crippen molar-refractivity contribution in [2.24, 2.45) is 11.3 Å². The van der Waals surface area contributed by atoms with Crippen molar-refractivity contribution in [1.82, 2.24) is 5.32 Å². The molecule has 0 aromatic heterocycles. The van der Waals surface area contributed by atoms with Crippen LogP contribution in [0.1, 0.15) is 55.8 Å². The molecule has 3 N–H and O–H groups in total. The van der Waals surface area contributed by atoms with Gasteiger partial charge < -0.3 is 15.5 Å². The number of hydrogen-bond donors (Lipinski definition) is 3. The molecule has 2 aromatic carbocycles. The van der Waals surface area contributed by atoms with Gasteiger partial charge in [0.2, 0.25) is 5.91 Å². The van der Waals surface area contributed by atoms with Crippen LogP contribution in [0.5, 0.6) is 0 Å². The highest BCUT2D eigenvalue weighted by molar-refractivity contribution is 6.30. The Morgan fingerprint density at radius 3 is 2.44 bits per heavy atom. The number of aliphatic hydroxyl groups is 2. The summed E-state index contributed by atoms with van der Waals surface area (Å²) in [6, 6.07) is 14.2. The number of carbonyl (C=O) groups is 1. The number of halogens is 2. The van der Waals surface area contributed by atoms with E-state index in [0.717, 1.165) is 18.4 Å². The zero-order valence-corrected chi connectivity index (χ0v) is 19.8. The highest BCUT2D eigenvalue weighted by Gasteiger charge is 2.40. The summed E-state index contributed by atoms with van der Waals surface area (Å²) in [6.45, 7) is 5.66. The van der Waals surface area contributed by atoms with Gasteiger partial charge in [0.1, 0.15) is 0 Å². The number of nitrogens with one attached hydrogen (secondary N) is 1. The molecule has 1 saturated carbocycles. The van der Waals surface area contributed by atoms with Gasteiger partial charge in [-0.2, -0.15) is 0 Å². The van der Waals surface area contributed by atoms with Crippen LogP contribution in [-0.4, -0.2) is 28.8 Å². The maximum atomic E-state index is 13.4. The average Bonchev–Trinajstić information content (AvgIpc) is 3.61. The molecule has 4 atom stereocenters. The number of carbonyl (C=O) groups excluding carboxylic acids is 1. The van der Waals surface area contributed by atoms with Crippen LogP contribution in [0.25, 0.3) is 0 Å². The maximum Gasteiger partial charge on any atom is 0.226 e. The lowest BCUT2D eigenvalue weighted by atomic mass is 9.72. The first kappa shape index (κ1) is 24.8. The predicted molar refractivity (Wildman–Crippen MR) is 130 cm³/mol. The molecule has 3 rings (SSSR count). The van der Waals surface area contributed by atoms with Crippen LogP contribution in [-0.2, 0) is 4.79 Å². The fourth-order valence-electron chi connectivity index (χ4n) is 4.27. The monoisotopic (exact) mass is 475 g/mol. The quantitative estimate of drug-likeness (QED) is 0.366. The summed E-state index contributed by atoms with van der Waals surface area (Å²) in [6.07, 6.45) is 3.71. The zero-order valence-electron chi connectivity index (χ0n) is 18.3. The largest absolute Gasteiger partial charge is 0.394 e. The van der Waals surface area contributed by atoms with Gasteiger partial charge in [0.15, 0.2) is 0 Å². The molecule has 0 spiro atoms. The van der Waals surface area contributed by atoms with Crippen molar-refractivity contribution >= 4 is 29.1 Å². The van der Waals surface area contributed by atoms with Gasteiger partial charge >= 0.3 is 0 Å². The number of rotatable bonds is 11. The first-order valence-electron chi connectivity index (χ1n) is 11.0. The van der Waals surface area contributed by atoms with E-state index in [-0.39, 0.29) is 24.5 Å². The molecule has 172 valence electrons. The highest BCUT2D eigenvalue weighted by atomic mass is 35.5. The Hall–Kier alpha value is -1.85. The Bertz CT molecular complexity index is 929. The molecule has 0 aliphatic heterocycles. The van der Waals surface area contributed by atoms with Crippen molar-refractivity contribution in [2.75, 3.05) is 6.61 Å². The molecule has 2 aromatic rings. The first-order chi connectivity index (χ1) is 15.3. The molecule has 2 unspecified atom stereocenters. The second kappa shape index (κ2) is 10.8. The Morgan fingerprint density at radius 2 is 1.88 bits per heavy atom. The van der Waals surface area contributed by atoms with E-state index in [1.165, 1.54) is 0 Å². The number of benzene rings is 2. The van der Waals surface area contributed by atoms with Crippen LogP contribution in [0.15, 0.2) is 61.2 Å². The number of amides is 1. The maximum absolute atomic E-state index is 13.4. The molecule has 4 nitrogen and oxygen atoms in total. The number of hydrogen-bond acceptors (Lipinski definition) is 3. The van der Waals surface area contributed by atoms with Gasteiger partial charge in [-0.1, -0.05) is 60.5 Å². The van der Waals surface area contributed by atoms with E-state index in [2.05, 4.69) is 11.9 Å². The third-order valence-corrected chi connectivity index (χ3v) is 6.87. The van der Waals surface area contributed by atoms with Gasteiger partial charge in [0.05, 0.1) is 24.2 Å². The molecule has 1 amide bonds. The van der Waals surface area contributed by atoms with E-state index in [0.29, 0.717) is 34.4 Å². The predicted octanol–water partition coefficient (Wildman–Crippen LogP) is 5.67. The Labute approximate surface area is 200 Å². The molecule has 32 heavy (non-hydrogen) atoms. The fraction of sp³-hybridized carbons (Fsp3) is 0.423. The van der Waals surface area contributed by atoms with Gasteiger partial charge in [-0.05, 0) is 67.0 Å². The van der Waals surface area contributed by atoms with Crippen molar-refractivity contribution in [3.63, 3.8) is 0 Å². The van der Waals surface area contributed by atoms with Crippen LogP contribution in [0, 0.1) is 11.3 Å². The SMILES string of the molecule is C=CCC(C)(C[C@H](c1cccc(Cl)c1)C(O)c1ccc(Cl)cc1)C(=O)N[C@H](CO)C1CC1. The van der Waals surface area contributed by atoms with Gasteiger partial charge in [0, 0.05) is 16.0 Å². The van der Waals surface area contributed by atoms with E-state index in [1.807, 2.05) is 25.1 Å². The van der Waals surface area contributed by atoms with Crippen molar-refractivity contribution < 1.29 is 15.0 Å². The minimum atomic E-state index is -0.861. The lowest BCUT2D eigenvalue weighted by molar-refractivity contribution is -0.132. The summed E-state index contributed by atoms with van der Waals surface area (Å²) >= 11 is 12.3. The molecule has 0 saturated heterocycles. The summed E-state index contributed by atoms with van der Waals surface area (Å²) in [5.74, 6) is -0.196. The lowest BCUT2D eigenvalue weighted by Gasteiger charge is -2.35. The molecular formula is C26H31Cl2NO3. The highest BCUT2D eigenvalue weighted by Crippen LogP contribution is 2.43. The molecule has 1 aliphatic rings. The van der Waals surface area contributed by atoms with Gasteiger partial charge in [-0.3, -0.25) is 4.79 Å². The number of aliphatic hydroxyl groups excluding tert-OH is 2. The minimum absolute atomic E-state index is 0.0777. The van der Waals surface area contributed by atoms with Crippen molar-refractivity contribution in [3.05, 3.63) is 82.4 Å². The molecule has 0 bridgehead atoms. The van der Waals surface area contributed by atoms with E-state index in [9.17, 15) is 15.0 Å². The molecule has 0 heterocycles. The van der Waals surface area contributed by atoms with Crippen LogP contribution in [0.3, 0.4) is 0 Å². The van der Waals surface area contributed by atoms with Crippen molar-refractivity contribution in [3.8, 4) is 0 Å². The van der Waals surface area contributed by atoms with Gasteiger partial charge in [0.25, 0.3) is 0 Å². The van der Waals surface area contributed by atoms with Crippen LogP contribution >= 0.6 is 23.2 Å². The van der Waals surface area contributed by atoms with Crippen molar-refractivity contribution in [2.45, 2.75) is 50.7 Å². The van der Waals surface area contributed by atoms with Crippen molar-refractivity contribution in [1.29, 1.82) is 0 Å². The van der Waals surface area contributed by atoms with Gasteiger partial charge in [-0.25, -0.2) is 0 Å². The summed E-state index contributed by atoms with van der Waals surface area (Å²) in [5.41, 5.74) is 0.737. The molecule has 0 radical (unpaired) electrons. The third-order valence-electron chi connectivity index (χ3n) is 6.39. The second-order valence-corrected chi connectivity index (χ2v) is 9.89. The third kappa shape index (κ3) is 6.14. The summed E-state index contributed by atoms with van der Waals surface area (Å²) in [7, 11) is 0. The van der Waals surface area contributed by atoms with Crippen LogP contribution < -0.4 is 5.32 Å². The molecule has 1 aliphatic carbocycles. The van der Waals surface area contributed by atoms with Crippen LogP contribution in [0.2, 0.25) is 10.0 Å². The number of allylic oxidation sites excluding steroid dienone is 1. The summed E-state index contributed by atoms with van der Waals surface area (Å²) in [4.78, 5) is 13.4. The Balaban J connectivity index is 1.93. The zero-order chi connectivity index (χ0) is 23.3. The topological polar surface area (TPSA) is 69.6 Å². The average molecular weight is 476 g/mol. The fourth-order valence-corrected chi connectivity index (χ4v) is 4.59. The lowest BCUT2D eigenvalue weighted by Crippen LogP contribution is -2.47. The second-order valence-electron chi connectivity index (χ2n) is 9.02. The van der Waals surface area contributed by atoms with E-state index >= 15 is 0 Å². The Morgan fingerprint density at radius 1 is 1.19 bits per heavy atom. The van der Waals surface area contributed by atoms with E-state index in [1.54, 1.807) is 36.4 Å². The first-order valence-corrected chi connectivity index (χ1v) is 11.7. The Kier molecular flexibility index (Phi) is 8.40. The summed E-state index contributed by atoms with van der Waals surface area (Å²) < 4.78 is 0. The summed E-state index contributed by atoms with van der Waals surface area (Å²) in [5, 5.41) is 25.3. The van der Waals surface area contributed by atoms with E-state index < -0.39 is 11.5 Å². The molecule has 1 fully saturated rings. The molecular weight excluding hydrogens is 445 g/mol. The van der Waals surface area contributed by atoms with Gasteiger partial charge in [-0.15, -0.1) is 6.58 Å². The smallest absolute Gasteiger partial charge is 0.226 e. The standard InChI is InChI=1S/C26H31Cl2NO3/c1-3-13-26(2,25(32)29-23(16-30)17-7-8-17)15-22(19-5-4-6-21(28)14-19)24(31)18-9-11-20(27)12-10-18/h3-6,9-12,14,17,22-24,30-31H,1,7-8,13,15-16H2,2H3,(H,29,32)/t22-,23-,24?,26?/m1/s1. The minimum Gasteiger partial charge on any atom is -0.394 e. The van der Waals surface area contributed by atoms with E-state index in [4.69, 9.17) is 23.2 Å².